The largest absolute Gasteiger partial charge is 0.309 e. The minimum Gasteiger partial charge on any atom is -0.309 e. The lowest BCUT2D eigenvalue weighted by Gasteiger charge is -2.36. The highest BCUT2D eigenvalue weighted by molar-refractivity contribution is 7.88. The van der Waals surface area contributed by atoms with Crippen LogP contribution in [0.2, 0.25) is 0 Å². The summed E-state index contributed by atoms with van der Waals surface area (Å²) >= 11 is 0. The molecule has 0 amide bonds. The number of sulfonamides is 1. The minimum absolute atomic E-state index is 0.479. The Morgan fingerprint density at radius 1 is 1.33 bits per heavy atom. The molecule has 1 aliphatic heterocycles. The van der Waals surface area contributed by atoms with Crippen LogP contribution < -0.4 is 10.0 Å². The third-order valence-electron chi connectivity index (χ3n) is 2.43. The lowest BCUT2D eigenvalue weighted by atomic mass is 10.1. The molecule has 0 aromatic heterocycles. The van der Waals surface area contributed by atoms with Crippen molar-refractivity contribution in [2.75, 3.05) is 32.4 Å². The lowest BCUT2D eigenvalue weighted by Crippen LogP contribution is -2.55. The third-order valence-corrected chi connectivity index (χ3v) is 3.15. The van der Waals surface area contributed by atoms with Gasteiger partial charge in [0.1, 0.15) is 0 Å². The van der Waals surface area contributed by atoms with E-state index in [0.29, 0.717) is 18.6 Å². The Morgan fingerprint density at radius 3 is 2.33 bits per heavy atom. The Hall–Kier alpha value is -0.170. The molecule has 5 nitrogen and oxygen atoms in total. The highest BCUT2D eigenvalue weighted by Crippen LogP contribution is 2.02. The van der Waals surface area contributed by atoms with E-state index in [2.05, 4.69) is 28.8 Å². The fourth-order valence-corrected chi connectivity index (χ4v) is 2.47. The van der Waals surface area contributed by atoms with Gasteiger partial charge in [-0.1, -0.05) is 0 Å². The summed E-state index contributed by atoms with van der Waals surface area (Å²) in [7, 11) is -3.04. The second-order valence-electron chi connectivity index (χ2n) is 4.39. The first-order chi connectivity index (χ1) is 6.87. The van der Waals surface area contributed by atoms with Gasteiger partial charge in [0.05, 0.1) is 6.26 Å². The second-order valence-corrected chi connectivity index (χ2v) is 6.23. The van der Waals surface area contributed by atoms with E-state index in [1.807, 2.05) is 0 Å². The van der Waals surface area contributed by atoms with Gasteiger partial charge >= 0.3 is 0 Å². The maximum Gasteiger partial charge on any atom is 0.208 e. The highest BCUT2D eigenvalue weighted by atomic mass is 32.2. The molecule has 0 radical (unpaired) electrons. The molecule has 1 rings (SSSR count). The molecule has 15 heavy (non-hydrogen) atoms. The molecule has 2 unspecified atom stereocenters. The zero-order valence-corrected chi connectivity index (χ0v) is 10.5. The van der Waals surface area contributed by atoms with Gasteiger partial charge in [-0.25, -0.2) is 13.1 Å². The summed E-state index contributed by atoms with van der Waals surface area (Å²) in [6, 6.07) is 0.957. The topological polar surface area (TPSA) is 61.4 Å². The van der Waals surface area contributed by atoms with Crippen LogP contribution in [-0.4, -0.2) is 57.8 Å². The predicted molar refractivity (Wildman–Crippen MR) is 61.3 cm³/mol. The van der Waals surface area contributed by atoms with Crippen molar-refractivity contribution in [1.29, 1.82) is 0 Å². The summed E-state index contributed by atoms with van der Waals surface area (Å²) in [4.78, 5) is 2.28. The molecule has 2 N–H and O–H groups in total. The number of rotatable bonds is 4. The van der Waals surface area contributed by atoms with Crippen molar-refractivity contribution in [3.05, 3.63) is 0 Å². The van der Waals surface area contributed by atoms with Gasteiger partial charge in [-0.15, -0.1) is 0 Å². The van der Waals surface area contributed by atoms with Crippen molar-refractivity contribution in [2.45, 2.75) is 25.9 Å². The third kappa shape index (κ3) is 5.46. The smallest absolute Gasteiger partial charge is 0.208 e. The van der Waals surface area contributed by atoms with Crippen LogP contribution in [0.25, 0.3) is 0 Å². The number of hydrogen-bond acceptors (Lipinski definition) is 4. The Morgan fingerprint density at radius 2 is 1.87 bits per heavy atom. The van der Waals surface area contributed by atoms with E-state index in [-0.39, 0.29) is 0 Å². The fourth-order valence-electron chi connectivity index (χ4n) is 2.01. The van der Waals surface area contributed by atoms with E-state index in [1.165, 1.54) is 6.26 Å². The molecule has 0 aliphatic carbocycles. The van der Waals surface area contributed by atoms with E-state index in [9.17, 15) is 8.42 Å². The monoisotopic (exact) mass is 235 g/mol. The Labute approximate surface area is 92.3 Å². The molecule has 0 spiro atoms. The van der Waals surface area contributed by atoms with Crippen molar-refractivity contribution in [3.63, 3.8) is 0 Å². The fraction of sp³-hybridized carbons (Fsp3) is 1.00. The van der Waals surface area contributed by atoms with Gasteiger partial charge in [0.25, 0.3) is 0 Å². The van der Waals surface area contributed by atoms with Gasteiger partial charge < -0.3 is 5.32 Å². The molecular weight excluding hydrogens is 214 g/mol. The van der Waals surface area contributed by atoms with Gasteiger partial charge in [0.2, 0.25) is 10.0 Å². The number of nitrogens with zero attached hydrogens (tertiary/aromatic N) is 1. The highest BCUT2D eigenvalue weighted by Gasteiger charge is 2.20. The normalized spacial score (nSPS) is 29.3. The van der Waals surface area contributed by atoms with E-state index in [4.69, 9.17) is 0 Å². The molecule has 0 saturated carbocycles. The van der Waals surface area contributed by atoms with Crippen LogP contribution in [0.1, 0.15) is 13.8 Å². The van der Waals surface area contributed by atoms with E-state index < -0.39 is 10.0 Å². The minimum atomic E-state index is -3.04. The summed E-state index contributed by atoms with van der Waals surface area (Å²) in [5.74, 6) is 0. The first-order valence-corrected chi connectivity index (χ1v) is 7.19. The summed E-state index contributed by atoms with van der Waals surface area (Å²) in [6.07, 6.45) is 1.19. The SMILES string of the molecule is CC1CN(CCNS(C)(=O)=O)CC(C)N1. The molecule has 2 atom stereocenters. The van der Waals surface area contributed by atoms with Crippen LogP contribution in [0.4, 0.5) is 0 Å². The quantitative estimate of drug-likeness (QED) is 0.671. The van der Waals surface area contributed by atoms with Crippen LogP contribution in [-0.2, 0) is 10.0 Å². The van der Waals surface area contributed by atoms with E-state index in [1.54, 1.807) is 0 Å². The van der Waals surface area contributed by atoms with Gasteiger partial charge in [0, 0.05) is 38.3 Å². The standard InChI is InChI=1S/C9H21N3O2S/c1-8-6-12(7-9(2)11-8)5-4-10-15(3,13)14/h8-11H,4-7H2,1-3H3. The maximum atomic E-state index is 10.9. The summed E-state index contributed by atoms with van der Waals surface area (Å²) in [5, 5.41) is 3.44. The molecule has 0 aromatic carbocycles. The van der Waals surface area contributed by atoms with Crippen LogP contribution in [0, 0.1) is 0 Å². The summed E-state index contributed by atoms with van der Waals surface area (Å²) in [6.45, 7) is 7.53. The zero-order valence-electron chi connectivity index (χ0n) is 9.66. The molecule has 0 bridgehead atoms. The molecule has 6 heteroatoms. The van der Waals surface area contributed by atoms with Gasteiger partial charge in [-0.2, -0.15) is 0 Å². The molecule has 90 valence electrons. The van der Waals surface area contributed by atoms with Gasteiger partial charge in [-0.05, 0) is 13.8 Å². The van der Waals surface area contributed by atoms with Crippen molar-refractivity contribution in [2.24, 2.45) is 0 Å². The van der Waals surface area contributed by atoms with Crippen LogP contribution in [0.3, 0.4) is 0 Å². The number of nitrogens with one attached hydrogen (secondary N) is 2. The Bertz CT molecular complexity index is 282. The molecule has 1 fully saturated rings. The average Bonchev–Trinajstić information content (AvgIpc) is 1.99. The Kier molecular flexibility index (Phi) is 4.51. The predicted octanol–water partition coefficient (Wildman–Crippen LogP) is -0.782. The van der Waals surface area contributed by atoms with Crippen molar-refractivity contribution >= 4 is 10.0 Å². The Balaban J connectivity index is 2.26. The van der Waals surface area contributed by atoms with Crippen LogP contribution >= 0.6 is 0 Å². The lowest BCUT2D eigenvalue weighted by molar-refractivity contribution is 0.176. The van der Waals surface area contributed by atoms with Gasteiger partial charge in [-0.3, -0.25) is 4.90 Å². The van der Waals surface area contributed by atoms with Gasteiger partial charge in [0.15, 0.2) is 0 Å². The second kappa shape index (κ2) is 5.25. The first kappa shape index (κ1) is 12.9. The molecule has 0 aromatic rings. The van der Waals surface area contributed by atoms with Crippen LogP contribution in [0.15, 0.2) is 0 Å². The molecule has 1 aliphatic rings. The van der Waals surface area contributed by atoms with E-state index >= 15 is 0 Å². The number of piperazine rings is 1. The number of hydrogen-bond donors (Lipinski definition) is 2. The maximum absolute atomic E-state index is 10.9. The van der Waals surface area contributed by atoms with Crippen LogP contribution in [0.5, 0.6) is 0 Å². The summed E-state index contributed by atoms with van der Waals surface area (Å²) in [5.41, 5.74) is 0. The molecule has 1 heterocycles. The first-order valence-electron chi connectivity index (χ1n) is 5.30. The van der Waals surface area contributed by atoms with E-state index in [0.717, 1.165) is 19.6 Å². The molecule has 1 saturated heterocycles. The van der Waals surface area contributed by atoms with Crippen molar-refractivity contribution in [3.8, 4) is 0 Å². The van der Waals surface area contributed by atoms with Crippen molar-refractivity contribution in [1.82, 2.24) is 14.9 Å². The van der Waals surface area contributed by atoms with Crippen molar-refractivity contribution < 1.29 is 8.42 Å². The molecular formula is C9H21N3O2S. The zero-order chi connectivity index (χ0) is 11.5. The average molecular weight is 235 g/mol. The summed E-state index contributed by atoms with van der Waals surface area (Å²) < 4.78 is 24.2.